The van der Waals surface area contributed by atoms with E-state index in [9.17, 15) is 0 Å². The molecule has 1 aliphatic rings. The van der Waals surface area contributed by atoms with E-state index in [-0.39, 0.29) is 22.3 Å². The molecule has 0 saturated heterocycles. The van der Waals surface area contributed by atoms with Gasteiger partial charge < -0.3 is 0 Å². The van der Waals surface area contributed by atoms with Crippen LogP contribution in [0.4, 0.5) is 0 Å². The average Bonchev–Trinajstić information content (AvgIpc) is 2.29. The van der Waals surface area contributed by atoms with Crippen molar-refractivity contribution in [3.05, 3.63) is 35.4 Å². The lowest BCUT2D eigenvalue weighted by Gasteiger charge is -2.37. The van der Waals surface area contributed by atoms with Crippen molar-refractivity contribution in [2.75, 3.05) is 0 Å². The first-order valence-corrected chi connectivity index (χ1v) is 7.03. The van der Waals surface area contributed by atoms with E-state index in [0.29, 0.717) is 5.41 Å². The zero-order chi connectivity index (χ0) is 12.5. The topological polar surface area (TPSA) is 0 Å². The third kappa shape index (κ3) is 5.31. The first kappa shape index (κ1) is 21.5. The van der Waals surface area contributed by atoms with Gasteiger partial charge in [0.05, 0.1) is 0 Å². The van der Waals surface area contributed by atoms with Crippen LogP contribution in [0.3, 0.4) is 0 Å². The highest BCUT2D eigenvalue weighted by Crippen LogP contribution is 2.43. The summed E-state index contributed by atoms with van der Waals surface area (Å²) in [5.74, 6) is 1.73. The van der Waals surface area contributed by atoms with Crippen molar-refractivity contribution in [3.63, 3.8) is 0 Å². The summed E-state index contributed by atoms with van der Waals surface area (Å²) in [7, 11) is 0. The van der Waals surface area contributed by atoms with Crippen LogP contribution in [0.25, 0.3) is 0 Å². The maximum absolute atomic E-state index is 2.39. The van der Waals surface area contributed by atoms with Gasteiger partial charge in [-0.25, -0.2) is 0 Å². The van der Waals surface area contributed by atoms with Gasteiger partial charge in [-0.15, -0.1) is 0 Å². The third-order valence-electron chi connectivity index (χ3n) is 4.50. The first-order chi connectivity index (χ1) is 7.97. The molecule has 0 N–H and O–H groups in total. The summed E-state index contributed by atoms with van der Waals surface area (Å²) >= 11 is 0. The van der Waals surface area contributed by atoms with E-state index in [1.54, 1.807) is 5.56 Å². The van der Waals surface area contributed by atoms with Gasteiger partial charge in [0.2, 0.25) is 0 Å². The Balaban J connectivity index is 0. The molecule has 118 valence electrons. The highest BCUT2D eigenvalue weighted by atomic mass is 14.3. The predicted molar refractivity (Wildman–Crippen MR) is 95.5 cm³/mol. The fraction of sp³-hybridized carbons (Fsp3) is 0.700. The molecule has 2 rings (SSSR count). The molecule has 0 spiro atoms. The molecule has 0 aliphatic heterocycles. The molecule has 1 aliphatic carbocycles. The highest BCUT2D eigenvalue weighted by Gasteiger charge is 2.29. The molecule has 1 saturated carbocycles. The lowest BCUT2D eigenvalue weighted by molar-refractivity contribution is 0.169. The van der Waals surface area contributed by atoms with Gasteiger partial charge in [0.25, 0.3) is 0 Å². The number of aryl methyl sites for hydroxylation is 1. The van der Waals surface area contributed by atoms with E-state index < -0.39 is 0 Å². The van der Waals surface area contributed by atoms with Crippen LogP contribution < -0.4 is 0 Å². The van der Waals surface area contributed by atoms with Gasteiger partial charge in [-0.1, -0.05) is 72.9 Å². The maximum atomic E-state index is 2.39. The van der Waals surface area contributed by atoms with Gasteiger partial charge in [0, 0.05) is 0 Å². The summed E-state index contributed by atoms with van der Waals surface area (Å²) in [5.41, 5.74) is 3.43. The minimum Gasteiger partial charge on any atom is -0.0776 e. The fourth-order valence-electron chi connectivity index (χ4n) is 3.13. The van der Waals surface area contributed by atoms with Gasteiger partial charge >= 0.3 is 0 Å². The summed E-state index contributed by atoms with van der Waals surface area (Å²) in [6.45, 7) is 9.35. The normalized spacial score (nSPS) is 22.0. The Kier molecular flexibility index (Phi) is 9.14. The minimum atomic E-state index is 0. The van der Waals surface area contributed by atoms with Gasteiger partial charge in [0.1, 0.15) is 0 Å². The second-order valence-electron chi connectivity index (χ2n) is 6.83. The molecule has 0 atom stereocenters. The van der Waals surface area contributed by atoms with Crippen molar-refractivity contribution < 1.29 is 0 Å². The van der Waals surface area contributed by atoms with Gasteiger partial charge in [-0.2, -0.15) is 0 Å². The van der Waals surface area contributed by atoms with Crippen LogP contribution in [0, 0.1) is 18.3 Å². The van der Waals surface area contributed by atoms with Gasteiger partial charge in [-0.05, 0) is 55.4 Å². The van der Waals surface area contributed by atoms with Crippen LogP contribution in [0.5, 0.6) is 0 Å². The smallest absolute Gasteiger partial charge is 0.0162 e. The van der Waals surface area contributed by atoms with Crippen LogP contribution in [0.15, 0.2) is 24.3 Å². The Morgan fingerprint density at radius 1 is 0.800 bits per heavy atom. The second-order valence-corrected chi connectivity index (χ2v) is 6.83. The largest absolute Gasteiger partial charge is 0.0776 e. The molecular weight excluding hydrogens is 240 g/mol. The average molecular weight is 279 g/mol. The maximum Gasteiger partial charge on any atom is -0.0162 e. The molecule has 0 bridgehead atoms. The molecule has 0 aromatic heterocycles. The Morgan fingerprint density at radius 2 is 1.25 bits per heavy atom. The Hall–Kier alpha value is -0.780. The van der Waals surface area contributed by atoms with Crippen LogP contribution >= 0.6 is 0 Å². The van der Waals surface area contributed by atoms with Crippen molar-refractivity contribution >= 4 is 0 Å². The van der Waals surface area contributed by atoms with Crippen molar-refractivity contribution in [3.8, 4) is 0 Å². The Labute approximate surface area is 129 Å². The van der Waals surface area contributed by atoms with Crippen molar-refractivity contribution in [1.82, 2.24) is 0 Å². The Morgan fingerprint density at radius 3 is 1.65 bits per heavy atom. The monoisotopic (exact) mass is 278 g/mol. The fourth-order valence-corrected chi connectivity index (χ4v) is 3.13. The minimum absolute atomic E-state index is 0. The van der Waals surface area contributed by atoms with E-state index in [4.69, 9.17) is 0 Å². The van der Waals surface area contributed by atoms with E-state index in [2.05, 4.69) is 52.0 Å². The molecule has 0 nitrogen and oxygen atoms in total. The van der Waals surface area contributed by atoms with Crippen molar-refractivity contribution in [2.45, 2.75) is 81.6 Å². The van der Waals surface area contributed by atoms with Crippen molar-refractivity contribution in [1.29, 1.82) is 0 Å². The molecular formula is C20H38. The summed E-state index contributed by atoms with van der Waals surface area (Å²) in [6, 6.07) is 9.17. The van der Waals surface area contributed by atoms with E-state index in [0.717, 1.165) is 11.8 Å². The number of rotatable bonds is 1. The molecule has 1 aromatic rings. The lowest BCUT2D eigenvalue weighted by Crippen LogP contribution is -2.25. The van der Waals surface area contributed by atoms with E-state index in [1.165, 1.54) is 31.2 Å². The molecule has 0 heteroatoms. The number of benzene rings is 1. The van der Waals surface area contributed by atoms with E-state index in [1.807, 2.05) is 0 Å². The van der Waals surface area contributed by atoms with Crippen LogP contribution in [0.2, 0.25) is 0 Å². The summed E-state index contributed by atoms with van der Waals surface area (Å²) in [5, 5.41) is 0. The predicted octanol–water partition coefficient (Wildman–Crippen LogP) is 7.22. The third-order valence-corrected chi connectivity index (χ3v) is 4.50. The van der Waals surface area contributed by atoms with Crippen LogP contribution in [-0.2, 0) is 0 Å². The van der Waals surface area contributed by atoms with Gasteiger partial charge in [0.15, 0.2) is 0 Å². The number of hydrogen-bond acceptors (Lipinski definition) is 0. The molecule has 1 fully saturated rings. The summed E-state index contributed by atoms with van der Waals surface area (Å²) < 4.78 is 0. The SMILES string of the molecule is C.C.C.Cc1ccc(C2CCC(C(C)(C)C)CC2)cc1. The molecule has 1 aromatic carbocycles. The standard InChI is InChI=1S/C17H26.3CH4/c1-13-5-7-14(8-6-13)15-9-11-16(12-10-15)17(2,3)4;;;/h5-8,15-16H,9-12H2,1-4H3;3*1H4. The summed E-state index contributed by atoms with van der Waals surface area (Å²) in [6.07, 6.45) is 5.57. The van der Waals surface area contributed by atoms with Crippen LogP contribution in [0.1, 0.15) is 85.8 Å². The molecule has 0 heterocycles. The zero-order valence-corrected chi connectivity index (χ0v) is 11.8. The van der Waals surface area contributed by atoms with Crippen LogP contribution in [-0.4, -0.2) is 0 Å². The summed E-state index contributed by atoms with van der Waals surface area (Å²) in [4.78, 5) is 0. The zero-order valence-electron chi connectivity index (χ0n) is 11.8. The Bertz CT molecular complexity index is 345. The first-order valence-electron chi connectivity index (χ1n) is 7.03. The lowest BCUT2D eigenvalue weighted by atomic mass is 9.69. The quantitative estimate of drug-likeness (QED) is 0.508. The highest BCUT2D eigenvalue weighted by molar-refractivity contribution is 5.24. The van der Waals surface area contributed by atoms with Gasteiger partial charge in [-0.3, -0.25) is 0 Å². The molecule has 20 heavy (non-hydrogen) atoms. The van der Waals surface area contributed by atoms with E-state index >= 15 is 0 Å². The van der Waals surface area contributed by atoms with Crippen molar-refractivity contribution in [2.24, 2.45) is 11.3 Å². The second kappa shape index (κ2) is 8.49. The number of hydrogen-bond donors (Lipinski definition) is 0. The molecule has 0 radical (unpaired) electrons. The molecule has 0 amide bonds. The molecule has 0 unspecified atom stereocenters.